The Kier molecular flexibility index (Phi) is 14.6. The van der Waals surface area contributed by atoms with Gasteiger partial charge in [0.05, 0.1) is 0 Å². The molecule has 2 nitrogen and oxygen atoms in total. The average molecular weight is 234 g/mol. The van der Waals surface area contributed by atoms with Crippen LogP contribution in [0.4, 0.5) is 0 Å². The Labute approximate surface area is 94.9 Å². The molecule has 0 aromatic carbocycles. The summed E-state index contributed by atoms with van der Waals surface area (Å²) in [4.78, 5) is 0. The fourth-order valence-corrected chi connectivity index (χ4v) is 0.617. The van der Waals surface area contributed by atoms with E-state index in [2.05, 4.69) is 6.92 Å². The summed E-state index contributed by atoms with van der Waals surface area (Å²) in [7, 11) is 0. The van der Waals surface area contributed by atoms with E-state index in [0.717, 1.165) is 13.2 Å². The van der Waals surface area contributed by atoms with Gasteiger partial charge in [-0.2, -0.15) is 0 Å². The molecule has 0 bridgehead atoms. The molecule has 0 radical (unpaired) electrons. The summed E-state index contributed by atoms with van der Waals surface area (Å²) < 4.78 is 10.3. The van der Waals surface area contributed by atoms with Crippen molar-refractivity contribution in [2.45, 2.75) is 13.8 Å². The zero-order valence-electron chi connectivity index (χ0n) is 7.51. The topological polar surface area (TPSA) is 18.5 Å². The first kappa shape index (κ1) is 14.5. The fourth-order valence-electron chi connectivity index (χ4n) is 0.617. The minimum Gasteiger partial charge on any atom is -0.384 e. The van der Waals surface area contributed by atoms with Crippen molar-refractivity contribution in [2.24, 2.45) is 5.92 Å². The number of rotatable bonds is 6. The quantitative estimate of drug-likeness (QED) is 0.648. The summed E-state index contributed by atoms with van der Waals surface area (Å²) in [5.41, 5.74) is 0. The van der Waals surface area contributed by atoms with Gasteiger partial charge in [-0.25, -0.2) is 0 Å². The van der Waals surface area contributed by atoms with Crippen molar-refractivity contribution < 1.29 is 42.2 Å². The Hall–Kier alpha value is 1.02. The second kappa shape index (κ2) is 11.0. The SMILES string of the molecule is [CH2-]C(COCC)COCC.[Y+3]. The first-order chi connectivity index (χ1) is 4.81. The van der Waals surface area contributed by atoms with Crippen LogP contribution < -0.4 is 0 Å². The fraction of sp³-hybridized carbons (Fsp3) is 0.875. The molecule has 0 aliphatic heterocycles. The van der Waals surface area contributed by atoms with E-state index in [1.807, 2.05) is 13.8 Å². The molecule has 0 N–H and O–H groups in total. The largest absolute Gasteiger partial charge is 3.00 e. The summed E-state index contributed by atoms with van der Waals surface area (Å²) in [6.45, 7) is 10.8. The molecule has 0 aliphatic rings. The molecular formula is C8H17O2Y+2. The molecule has 0 saturated heterocycles. The third-order valence-corrected chi connectivity index (χ3v) is 1.12. The van der Waals surface area contributed by atoms with Crippen LogP contribution in [0.3, 0.4) is 0 Å². The molecule has 0 unspecified atom stereocenters. The van der Waals surface area contributed by atoms with Crippen molar-refractivity contribution in [3.05, 3.63) is 6.92 Å². The van der Waals surface area contributed by atoms with Crippen LogP contribution in [0.15, 0.2) is 0 Å². The van der Waals surface area contributed by atoms with E-state index in [0.29, 0.717) is 13.2 Å². The Balaban J connectivity index is 0. The second-order valence-corrected chi connectivity index (χ2v) is 2.18. The molecule has 11 heavy (non-hydrogen) atoms. The maximum Gasteiger partial charge on any atom is 3.00 e. The van der Waals surface area contributed by atoms with Gasteiger partial charge in [0.2, 0.25) is 0 Å². The van der Waals surface area contributed by atoms with Gasteiger partial charge in [0.15, 0.2) is 0 Å². The van der Waals surface area contributed by atoms with Gasteiger partial charge in [-0.05, 0) is 13.8 Å². The van der Waals surface area contributed by atoms with E-state index >= 15 is 0 Å². The van der Waals surface area contributed by atoms with Crippen molar-refractivity contribution in [3.8, 4) is 0 Å². The van der Waals surface area contributed by atoms with Crippen LogP contribution in [-0.4, -0.2) is 26.4 Å². The second-order valence-electron chi connectivity index (χ2n) is 2.18. The number of hydrogen-bond donors (Lipinski definition) is 0. The van der Waals surface area contributed by atoms with Crippen LogP contribution in [0.25, 0.3) is 0 Å². The predicted molar refractivity (Wildman–Crippen MR) is 41.8 cm³/mol. The van der Waals surface area contributed by atoms with Crippen LogP contribution >= 0.6 is 0 Å². The summed E-state index contributed by atoms with van der Waals surface area (Å²) >= 11 is 0. The maximum absolute atomic E-state index is 5.15. The monoisotopic (exact) mass is 234 g/mol. The molecule has 62 valence electrons. The molecular weight excluding hydrogens is 217 g/mol. The standard InChI is InChI=1S/C8H17O2.Y/c1-4-9-6-8(3)7-10-5-2;/h8H,3-7H2,1-2H3;/q-1;+3. The van der Waals surface area contributed by atoms with Crippen molar-refractivity contribution in [2.75, 3.05) is 26.4 Å². The van der Waals surface area contributed by atoms with Gasteiger partial charge in [0.1, 0.15) is 0 Å². The predicted octanol–water partition coefficient (Wildman–Crippen LogP) is 1.51. The van der Waals surface area contributed by atoms with Gasteiger partial charge in [-0.1, -0.05) is 0 Å². The number of ether oxygens (including phenoxy) is 2. The van der Waals surface area contributed by atoms with Crippen molar-refractivity contribution in [3.63, 3.8) is 0 Å². The van der Waals surface area contributed by atoms with Crippen molar-refractivity contribution >= 4 is 0 Å². The minimum absolute atomic E-state index is 0. The molecule has 0 heterocycles. The van der Waals surface area contributed by atoms with Crippen LogP contribution in [-0.2, 0) is 42.2 Å². The van der Waals surface area contributed by atoms with Gasteiger partial charge in [0.25, 0.3) is 0 Å². The Morgan fingerprint density at radius 1 is 1.09 bits per heavy atom. The first-order valence-electron chi connectivity index (χ1n) is 3.79. The maximum atomic E-state index is 5.15. The zero-order valence-corrected chi connectivity index (χ0v) is 10.3. The molecule has 0 spiro atoms. The molecule has 3 heteroatoms. The molecule has 0 amide bonds. The molecule has 0 aromatic heterocycles. The van der Waals surface area contributed by atoms with Crippen LogP contribution in [0.5, 0.6) is 0 Å². The van der Waals surface area contributed by atoms with E-state index < -0.39 is 0 Å². The van der Waals surface area contributed by atoms with Gasteiger partial charge in [0, 0.05) is 26.4 Å². The molecule has 0 fully saturated rings. The Morgan fingerprint density at radius 3 is 1.73 bits per heavy atom. The molecule has 0 aromatic rings. The van der Waals surface area contributed by atoms with Gasteiger partial charge in [-0.3, -0.25) is 0 Å². The molecule has 0 rings (SSSR count). The first-order valence-corrected chi connectivity index (χ1v) is 3.79. The van der Waals surface area contributed by atoms with Gasteiger partial charge in [-0.15, -0.1) is 5.92 Å². The Bertz CT molecular complexity index is 61.1. The molecule has 0 atom stereocenters. The minimum atomic E-state index is 0. The normalized spacial score (nSPS) is 9.82. The summed E-state index contributed by atoms with van der Waals surface area (Å²) in [5.74, 6) is 0.278. The third kappa shape index (κ3) is 11.0. The third-order valence-electron chi connectivity index (χ3n) is 1.12. The van der Waals surface area contributed by atoms with E-state index in [9.17, 15) is 0 Å². The van der Waals surface area contributed by atoms with Crippen LogP contribution in [0, 0.1) is 12.8 Å². The van der Waals surface area contributed by atoms with Crippen LogP contribution in [0.1, 0.15) is 13.8 Å². The Morgan fingerprint density at radius 2 is 1.45 bits per heavy atom. The number of hydrogen-bond acceptors (Lipinski definition) is 2. The summed E-state index contributed by atoms with van der Waals surface area (Å²) in [5, 5.41) is 0. The van der Waals surface area contributed by atoms with Gasteiger partial charge < -0.3 is 16.4 Å². The van der Waals surface area contributed by atoms with E-state index in [-0.39, 0.29) is 38.6 Å². The smallest absolute Gasteiger partial charge is 0.384 e. The zero-order chi connectivity index (χ0) is 7.82. The summed E-state index contributed by atoms with van der Waals surface area (Å²) in [6.07, 6.45) is 0. The van der Waals surface area contributed by atoms with E-state index in [1.165, 1.54) is 0 Å². The van der Waals surface area contributed by atoms with Crippen molar-refractivity contribution in [1.82, 2.24) is 0 Å². The van der Waals surface area contributed by atoms with E-state index in [1.54, 1.807) is 0 Å². The van der Waals surface area contributed by atoms with Crippen molar-refractivity contribution in [1.29, 1.82) is 0 Å². The average Bonchev–Trinajstić information content (AvgIpc) is 1.97. The van der Waals surface area contributed by atoms with Crippen LogP contribution in [0.2, 0.25) is 0 Å². The van der Waals surface area contributed by atoms with E-state index in [4.69, 9.17) is 9.47 Å². The summed E-state index contributed by atoms with van der Waals surface area (Å²) in [6, 6.07) is 0. The molecule has 0 aliphatic carbocycles. The van der Waals surface area contributed by atoms with Gasteiger partial charge >= 0.3 is 32.7 Å². The molecule has 0 saturated carbocycles.